The first-order valence-electron chi connectivity index (χ1n) is 8.33. The molecule has 25 heavy (non-hydrogen) atoms. The van der Waals surface area contributed by atoms with E-state index in [4.69, 9.17) is 0 Å². The molecule has 4 rings (SSSR count). The summed E-state index contributed by atoms with van der Waals surface area (Å²) in [6.45, 7) is 3.47. The molecule has 0 N–H and O–H groups in total. The van der Waals surface area contributed by atoms with Gasteiger partial charge in [-0.05, 0) is 37.5 Å². The molecule has 0 saturated carbocycles. The van der Waals surface area contributed by atoms with Gasteiger partial charge < -0.3 is 4.90 Å². The van der Waals surface area contributed by atoms with Gasteiger partial charge in [-0.2, -0.15) is 5.10 Å². The normalized spacial score (nSPS) is 17.2. The van der Waals surface area contributed by atoms with Crippen LogP contribution in [0.25, 0.3) is 5.82 Å². The van der Waals surface area contributed by atoms with Gasteiger partial charge in [0.15, 0.2) is 11.5 Å². The highest BCUT2D eigenvalue weighted by Gasteiger charge is 2.30. The summed E-state index contributed by atoms with van der Waals surface area (Å²) in [5.74, 6) is 0.565. The number of rotatable bonds is 4. The van der Waals surface area contributed by atoms with Gasteiger partial charge in [-0.1, -0.05) is 0 Å². The SMILES string of the molecule is Cc1cnn(CC2CCCN2C(=O)c2ccc(-n3ccnc3)nn2)c1. The molecule has 1 aliphatic rings. The van der Waals surface area contributed by atoms with Crippen molar-refractivity contribution >= 4 is 5.91 Å². The van der Waals surface area contributed by atoms with Gasteiger partial charge in [0.25, 0.3) is 5.91 Å². The third kappa shape index (κ3) is 3.15. The Bertz CT molecular complexity index is 854. The molecule has 0 spiro atoms. The zero-order valence-corrected chi connectivity index (χ0v) is 14.0. The summed E-state index contributed by atoms with van der Waals surface area (Å²) in [5.41, 5.74) is 1.49. The minimum absolute atomic E-state index is 0.0731. The van der Waals surface area contributed by atoms with Crippen LogP contribution in [0.1, 0.15) is 28.9 Å². The Balaban J connectivity index is 1.49. The van der Waals surface area contributed by atoms with Crippen LogP contribution in [0.4, 0.5) is 0 Å². The molecule has 4 heterocycles. The fraction of sp³-hybridized carbons (Fsp3) is 0.353. The van der Waals surface area contributed by atoms with Crippen LogP contribution in [-0.4, -0.2) is 52.9 Å². The Labute approximate surface area is 145 Å². The first kappa shape index (κ1) is 15.5. The second kappa shape index (κ2) is 6.46. The van der Waals surface area contributed by atoms with Crippen LogP contribution < -0.4 is 0 Å². The quantitative estimate of drug-likeness (QED) is 0.720. The highest BCUT2D eigenvalue weighted by atomic mass is 16.2. The van der Waals surface area contributed by atoms with Crippen molar-refractivity contribution in [1.29, 1.82) is 0 Å². The van der Waals surface area contributed by atoms with E-state index in [1.807, 2.05) is 28.9 Å². The number of carbonyl (C=O) groups is 1. The Morgan fingerprint density at radius 1 is 1.32 bits per heavy atom. The molecule has 1 fully saturated rings. The monoisotopic (exact) mass is 337 g/mol. The predicted molar refractivity (Wildman–Crippen MR) is 90.2 cm³/mol. The summed E-state index contributed by atoms with van der Waals surface area (Å²) in [6, 6.07) is 3.64. The van der Waals surface area contributed by atoms with Crippen LogP contribution in [-0.2, 0) is 6.54 Å². The lowest BCUT2D eigenvalue weighted by Gasteiger charge is -2.24. The largest absolute Gasteiger partial charge is 0.332 e. The number of aromatic nitrogens is 6. The number of amides is 1. The third-order valence-corrected chi connectivity index (χ3v) is 4.44. The molecule has 0 aromatic carbocycles. The summed E-state index contributed by atoms with van der Waals surface area (Å²) in [6.07, 6.45) is 10.9. The molecule has 0 aliphatic carbocycles. The number of aryl methyl sites for hydroxylation is 1. The predicted octanol–water partition coefficient (Wildman–Crippen LogP) is 1.47. The first-order valence-corrected chi connectivity index (χ1v) is 8.33. The molecule has 1 unspecified atom stereocenters. The topological polar surface area (TPSA) is 81.7 Å². The lowest BCUT2D eigenvalue weighted by Crippen LogP contribution is -2.38. The number of hydrogen-bond donors (Lipinski definition) is 0. The maximum absolute atomic E-state index is 12.8. The van der Waals surface area contributed by atoms with Crippen molar-refractivity contribution in [3.63, 3.8) is 0 Å². The van der Waals surface area contributed by atoms with Gasteiger partial charge in [0.05, 0.1) is 18.8 Å². The average molecular weight is 337 g/mol. The van der Waals surface area contributed by atoms with Gasteiger partial charge in [-0.3, -0.25) is 14.0 Å². The summed E-state index contributed by atoms with van der Waals surface area (Å²) >= 11 is 0. The second-order valence-corrected chi connectivity index (χ2v) is 6.28. The molecule has 1 aliphatic heterocycles. The maximum atomic E-state index is 12.8. The minimum atomic E-state index is -0.0731. The third-order valence-electron chi connectivity index (χ3n) is 4.44. The molecule has 0 radical (unpaired) electrons. The number of imidazole rings is 1. The summed E-state index contributed by atoms with van der Waals surface area (Å²) in [7, 11) is 0. The molecule has 1 saturated heterocycles. The molecule has 128 valence electrons. The Hall–Kier alpha value is -3.03. The number of likely N-dealkylation sites (tertiary alicyclic amines) is 1. The molecule has 1 atom stereocenters. The summed E-state index contributed by atoms with van der Waals surface area (Å²) < 4.78 is 3.65. The molecule has 3 aromatic heterocycles. The van der Waals surface area contributed by atoms with Crippen molar-refractivity contribution in [2.75, 3.05) is 6.54 Å². The molecule has 1 amide bonds. The van der Waals surface area contributed by atoms with Crippen molar-refractivity contribution in [3.8, 4) is 5.82 Å². The van der Waals surface area contributed by atoms with E-state index in [0.717, 1.165) is 24.9 Å². The Kier molecular flexibility index (Phi) is 4.01. The lowest BCUT2D eigenvalue weighted by molar-refractivity contribution is 0.0714. The van der Waals surface area contributed by atoms with Crippen LogP contribution in [0, 0.1) is 6.92 Å². The number of nitrogens with zero attached hydrogens (tertiary/aromatic N) is 7. The molecule has 3 aromatic rings. The second-order valence-electron chi connectivity index (χ2n) is 6.28. The van der Waals surface area contributed by atoms with E-state index >= 15 is 0 Å². The van der Waals surface area contributed by atoms with Gasteiger partial charge in [0.2, 0.25) is 0 Å². The highest BCUT2D eigenvalue weighted by molar-refractivity contribution is 5.92. The lowest BCUT2D eigenvalue weighted by atomic mass is 10.2. The van der Waals surface area contributed by atoms with E-state index in [1.54, 1.807) is 35.4 Å². The van der Waals surface area contributed by atoms with Crippen molar-refractivity contribution in [3.05, 3.63) is 54.5 Å². The van der Waals surface area contributed by atoms with E-state index in [1.165, 1.54) is 0 Å². The fourth-order valence-corrected chi connectivity index (χ4v) is 3.19. The van der Waals surface area contributed by atoms with E-state index in [0.29, 0.717) is 18.1 Å². The van der Waals surface area contributed by atoms with Gasteiger partial charge in [0.1, 0.15) is 6.33 Å². The van der Waals surface area contributed by atoms with Gasteiger partial charge in [-0.25, -0.2) is 4.98 Å². The molecule has 0 bridgehead atoms. The van der Waals surface area contributed by atoms with Gasteiger partial charge in [-0.15, -0.1) is 10.2 Å². The zero-order chi connectivity index (χ0) is 17.2. The molecule has 8 nitrogen and oxygen atoms in total. The average Bonchev–Trinajstić information content (AvgIpc) is 3.37. The fourth-order valence-electron chi connectivity index (χ4n) is 3.19. The number of carbonyl (C=O) groups excluding carboxylic acids is 1. The van der Waals surface area contributed by atoms with E-state index in [9.17, 15) is 4.79 Å². The smallest absolute Gasteiger partial charge is 0.274 e. The summed E-state index contributed by atoms with van der Waals surface area (Å²) in [5, 5.41) is 12.6. The summed E-state index contributed by atoms with van der Waals surface area (Å²) in [4.78, 5) is 18.7. The van der Waals surface area contributed by atoms with Crippen molar-refractivity contribution < 1.29 is 4.79 Å². The van der Waals surface area contributed by atoms with Crippen LogP contribution in [0.5, 0.6) is 0 Å². The molecular weight excluding hydrogens is 318 g/mol. The standard InChI is InChI=1S/C17H19N7O/c1-13-9-19-23(10-13)11-14-3-2-7-24(14)17(25)15-4-5-16(21-20-15)22-8-6-18-12-22/h4-6,8-10,12,14H,2-3,7,11H2,1H3. The van der Waals surface area contributed by atoms with Crippen LogP contribution >= 0.6 is 0 Å². The van der Waals surface area contributed by atoms with Gasteiger partial charge >= 0.3 is 0 Å². The van der Waals surface area contributed by atoms with Gasteiger partial charge in [0, 0.05) is 25.1 Å². The minimum Gasteiger partial charge on any atom is -0.332 e. The van der Waals surface area contributed by atoms with Crippen LogP contribution in [0.15, 0.2) is 43.2 Å². The van der Waals surface area contributed by atoms with Crippen molar-refractivity contribution in [1.82, 2.24) is 34.4 Å². The first-order chi connectivity index (χ1) is 12.2. The maximum Gasteiger partial charge on any atom is 0.274 e. The van der Waals surface area contributed by atoms with Crippen LogP contribution in [0.2, 0.25) is 0 Å². The Morgan fingerprint density at radius 2 is 2.24 bits per heavy atom. The van der Waals surface area contributed by atoms with E-state index in [-0.39, 0.29) is 11.9 Å². The molecule has 8 heteroatoms. The van der Waals surface area contributed by atoms with Crippen LogP contribution in [0.3, 0.4) is 0 Å². The van der Waals surface area contributed by atoms with Crippen molar-refractivity contribution in [2.45, 2.75) is 32.4 Å². The van der Waals surface area contributed by atoms with E-state index in [2.05, 4.69) is 20.3 Å². The Morgan fingerprint density at radius 3 is 2.92 bits per heavy atom. The van der Waals surface area contributed by atoms with E-state index < -0.39 is 0 Å². The number of hydrogen-bond acceptors (Lipinski definition) is 5. The zero-order valence-electron chi connectivity index (χ0n) is 14.0. The molecular formula is C17H19N7O. The highest BCUT2D eigenvalue weighted by Crippen LogP contribution is 2.21. The van der Waals surface area contributed by atoms with Crippen molar-refractivity contribution in [2.24, 2.45) is 0 Å².